The number of aryl methyl sites for hydroxylation is 1. The Morgan fingerprint density at radius 2 is 1.76 bits per heavy atom. The molecule has 1 N–H and O–H groups in total. The molecule has 2 heterocycles. The number of benzene rings is 1. The van der Waals surface area contributed by atoms with Gasteiger partial charge in [-0.15, -0.1) is 0 Å². The van der Waals surface area contributed by atoms with Crippen molar-refractivity contribution in [3.63, 3.8) is 0 Å². The first-order valence-corrected chi connectivity index (χ1v) is 8.41. The maximum absolute atomic E-state index is 13.3. The van der Waals surface area contributed by atoms with Gasteiger partial charge in [-0.2, -0.15) is 17.6 Å². The number of aromatic nitrogens is 2. The van der Waals surface area contributed by atoms with Gasteiger partial charge in [-0.1, -0.05) is 18.2 Å². The second-order valence-corrected chi connectivity index (χ2v) is 6.11. The number of amides is 1. The van der Waals surface area contributed by atoms with E-state index in [4.69, 9.17) is 4.74 Å². The molecule has 0 fully saturated rings. The van der Waals surface area contributed by atoms with Crippen LogP contribution in [0.3, 0.4) is 0 Å². The van der Waals surface area contributed by atoms with Crippen LogP contribution in [0.1, 0.15) is 27.2 Å². The van der Waals surface area contributed by atoms with Gasteiger partial charge in [0, 0.05) is 11.9 Å². The molecule has 3 aromatic rings. The summed E-state index contributed by atoms with van der Waals surface area (Å²) in [5.41, 5.74) is -1.24. The summed E-state index contributed by atoms with van der Waals surface area (Å²) < 4.78 is 58.7. The van der Waals surface area contributed by atoms with Crippen molar-refractivity contribution in [2.75, 3.05) is 5.32 Å². The molecule has 0 atom stereocenters. The minimum absolute atomic E-state index is 0.0619. The third-order valence-corrected chi connectivity index (χ3v) is 4.08. The fourth-order valence-corrected chi connectivity index (χ4v) is 2.65. The number of rotatable bonds is 4. The maximum Gasteiger partial charge on any atom is 0.418 e. The first kappa shape index (κ1) is 20.2. The molecule has 150 valence electrons. The fraction of sp³-hybridized carbons (Fsp3) is 0.150. The average molecular weight is 405 g/mol. The molecular formula is C20H15F4N3O2. The molecule has 2 aromatic heterocycles. The van der Waals surface area contributed by atoms with Crippen LogP contribution in [-0.2, 0) is 6.18 Å². The van der Waals surface area contributed by atoms with Crippen molar-refractivity contribution >= 4 is 11.6 Å². The molecule has 0 bridgehead atoms. The topological polar surface area (TPSA) is 64.1 Å². The van der Waals surface area contributed by atoms with Crippen LogP contribution in [-0.4, -0.2) is 15.9 Å². The Balaban J connectivity index is 2.07. The van der Waals surface area contributed by atoms with E-state index in [9.17, 15) is 22.4 Å². The van der Waals surface area contributed by atoms with Gasteiger partial charge in [0.05, 0.1) is 11.3 Å². The first-order valence-electron chi connectivity index (χ1n) is 8.41. The molecule has 0 unspecified atom stereocenters. The molecule has 1 amide bonds. The van der Waals surface area contributed by atoms with Gasteiger partial charge in [-0.25, -0.2) is 9.97 Å². The zero-order valence-corrected chi connectivity index (χ0v) is 15.3. The largest absolute Gasteiger partial charge is 0.436 e. The summed E-state index contributed by atoms with van der Waals surface area (Å²) in [6, 6.07) is 10.5. The van der Waals surface area contributed by atoms with Crippen LogP contribution < -0.4 is 10.1 Å². The quantitative estimate of drug-likeness (QED) is 0.473. The predicted octanol–water partition coefficient (Wildman–Crippen LogP) is 5.30. The number of anilines is 1. The Morgan fingerprint density at radius 3 is 2.38 bits per heavy atom. The third kappa shape index (κ3) is 4.50. The molecule has 29 heavy (non-hydrogen) atoms. The summed E-state index contributed by atoms with van der Waals surface area (Å²) in [4.78, 5) is 20.1. The number of halogens is 4. The van der Waals surface area contributed by atoms with Gasteiger partial charge >= 0.3 is 6.18 Å². The number of hydrogen-bond donors (Lipinski definition) is 1. The molecule has 0 saturated heterocycles. The standard InChI is InChI=1S/C20H15F4N3O2/c1-11-14(20(22,23)24)10-25-19(29-15-8-9-16(21)26-12(15)2)17(11)18(28)27-13-6-4-3-5-7-13/h3-10H,1-2H3,(H,27,28). The summed E-state index contributed by atoms with van der Waals surface area (Å²) in [5.74, 6) is -1.85. The van der Waals surface area contributed by atoms with Crippen LogP contribution in [0.4, 0.5) is 23.2 Å². The van der Waals surface area contributed by atoms with E-state index < -0.39 is 23.6 Å². The van der Waals surface area contributed by atoms with Gasteiger partial charge in [-0.3, -0.25) is 4.79 Å². The lowest BCUT2D eigenvalue weighted by Gasteiger charge is -2.17. The van der Waals surface area contributed by atoms with Gasteiger partial charge in [0.1, 0.15) is 5.56 Å². The highest BCUT2D eigenvalue weighted by atomic mass is 19.4. The lowest BCUT2D eigenvalue weighted by molar-refractivity contribution is -0.138. The SMILES string of the molecule is Cc1nc(F)ccc1Oc1ncc(C(F)(F)F)c(C)c1C(=O)Nc1ccccc1. The Morgan fingerprint density at radius 1 is 1.07 bits per heavy atom. The zero-order chi connectivity index (χ0) is 21.2. The number of nitrogens with one attached hydrogen (secondary N) is 1. The van der Waals surface area contributed by atoms with Crippen molar-refractivity contribution in [2.24, 2.45) is 0 Å². The Bertz CT molecular complexity index is 1050. The van der Waals surface area contributed by atoms with Crippen molar-refractivity contribution in [2.45, 2.75) is 20.0 Å². The average Bonchev–Trinajstić information content (AvgIpc) is 2.64. The van der Waals surface area contributed by atoms with Crippen LogP contribution in [0.15, 0.2) is 48.7 Å². The van der Waals surface area contributed by atoms with Crippen LogP contribution >= 0.6 is 0 Å². The van der Waals surface area contributed by atoms with Crippen molar-refractivity contribution in [3.8, 4) is 11.6 Å². The monoisotopic (exact) mass is 405 g/mol. The smallest absolute Gasteiger partial charge is 0.418 e. The molecule has 3 rings (SSSR count). The lowest BCUT2D eigenvalue weighted by Crippen LogP contribution is -2.19. The normalized spacial score (nSPS) is 11.2. The summed E-state index contributed by atoms with van der Waals surface area (Å²) in [5, 5.41) is 2.53. The Hall–Kier alpha value is -3.49. The van der Waals surface area contributed by atoms with E-state index in [1.54, 1.807) is 30.3 Å². The molecule has 0 aliphatic rings. The van der Waals surface area contributed by atoms with Crippen LogP contribution in [0, 0.1) is 19.8 Å². The molecule has 0 radical (unpaired) electrons. The number of carbonyl (C=O) groups is 1. The predicted molar refractivity (Wildman–Crippen MR) is 97.4 cm³/mol. The van der Waals surface area contributed by atoms with E-state index in [1.807, 2.05) is 0 Å². The number of carbonyl (C=O) groups excluding carboxylic acids is 1. The number of para-hydroxylation sites is 1. The minimum Gasteiger partial charge on any atom is -0.436 e. The fourth-order valence-electron chi connectivity index (χ4n) is 2.65. The molecule has 9 heteroatoms. The second kappa shape index (κ2) is 7.86. The number of nitrogens with zero attached hydrogens (tertiary/aromatic N) is 2. The van der Waals surface area contributed by atoms with E-state index in [2.05, 4.69) is 15.3 Å². The van der Waals surface area contributed by atoms with E-state index >= 15 is 0 Å². The van der Waals surface area contributed by atoms with Crippen molar-refractivity contribution in [1.29, 1.82) is 0 Å². The third-order valence-electron chi connectivity index (χ3n) is 4.08. The van der Waals surface area contributed by atoms with Gasteiger partial charge in [0.25, 0.3) is 5.91 Å². The molecule has 1 aromatic carbocycles. The van der Waals surface area contributed by atoms with Crippen LogP contribution in [0.2, 0.25) is 0 Å². The number of alkyl halides is 3. The highest BCUT2D eigenvalue weighted by molar-refractivity contribution is 6.07. The maximum atomic E-state index is 13.3. The summed E-state index contributed by atoms with van der Waals surface area (Å²) in [7, 11) is 0. The lowest BCUT2D eigenvalue weighted by atomic mass is 10.0. The van der Waals surface area contributed by atoms with E-state index in [0.717, 1.165) is 13.0 Å². The van der Waals surface area contributed by atoms with E-state index in [1.165, 1.54) is 13.0 Å². The number of hydrogen-bond acceptors (Lipinski definition) is 4. The molecular weight excluding hydrogens is 390 g/mol. The minimum atomic E-state index is -4.70. The molecule has 0 aliphatic heterocycles. The van der Waals surface area contributed by atoms with Crippen LogP contribution in [0.5, 0.6) is 11.6 Å². The summed E-state index contributed by atoms with van der Waals surface area (Å²) >= 11 is 0. The van der Waals surface area contributed by atoms with Gasteiger partial charge in [0.2, 0.25) is 11.8 Å². The second-order valence-electron chi connectivity index (χ2n) is 6.11. The van der Waals surface area contributed by atoms with Gasteiger partial charge < -0.3 is 10.1 Å². The summed E-state index contributed by atoms with van der Waals surface area (Å²) in [6.07, 6.45) is -4.11. The Labute approximate surface area is 163 Å². The summed E-state index contributed by atoms with van der Waals surface area (Å²) in [6.45, 7) is 2.62. The number of ether oxygens (including phenoxy) is 1. The van der Waals surface area contributed by atoms with Crippen molar-refractivity contribution in [3.05, 3.63) is 77.0 Å². The molecule has 0 spiro atoms. The molecule has 0 aliphatic carbocycles. The zero-order valence-electron chi connectivity index (χ0n) is 15.3. The van der Waals surface area contributed by atoms with Crippen molar-refractivity contribution < 1.29 is 27.1 Å². The Kier molecular flexibility index (Phi) is 5.49. The first-order chi connectivity index (χ1) is 13.7. The van der Waals surface area contributed by atoms with E-state index in [0.29, 0.717) is 11.9 Å². The molecule has 5 nitrogen and oxygen atoms in total. The number of pyridine rings is 2. The van der Waals surface area contributed by atoms with Crippen LogP contribution in [0.25, 0.3) is 0 Å². The van der Waals surface area contributed by atoms with E-state index in [-0.39, 0.29) is 28.5 Å². The van der Waals surface area contributed by atoms with Gasteiger partial charge in [0.15, 0.2) is 5.75 Å². The highest BCUT2D eigenvalue weighted by Crippen LogP contribution is 2.36. The molecule has 0 saturated carbocycles. The van der Waals surface area contributed by atoms with Gasteiger partial charge in [-0.05, 0) is 43.7 Å². The highest BCUT2D eigenvalue weighted by Gasteiger charge is 2.36. The van der Waals surface area contributed by atoms with Crippen molar-refractivity contribution in [1.82, 2.24) is 9.97 Å².